The van der Waals surface area contributed by atoms with E-state index in [1.165, 1.54) is 11.3 Å². The number of hydrogen-bond donors (Lipinski definition) is 2. The number of rotatable bonds is 5. The van der Waals surface area contributed by atoms with Crippen molar-refractivity contribution in [2.45, 2.75) is 32.1 Å². The second-order valence-corrected chi connectivity index (χ2v) is 8.42. The van der Waals surface area contributed by atoms with Crippen LogP contribution in [0, 0.1) is 6.92 Å². The number of nitrogens with zero attached hydrogens (tertiary/aromatic N) is 4. The highest BCUT2D eigenvalue weighted by molar-refractivity contribution is 7.15. The number of nitrogen functional groups attached to an aromatic ring is 1. The summed E-state index contributed by atoms with van der Waals surface area (Å²) in [4.78, 5) is 19.0. The molecule has 0 radical (unpaired) electrons. The van der Waals surface area contributed by atoms with Crippen LogP contribution < -0.4 is 16.0 Å². The van der Waals surface area contributed by atoms with Gasteiger partial charge in [0.15, 0.2) is 0 Å². The van der Waals surface area contributed by atoms with Gasteiger partial charge in [0.05, 0.1) is 18.3 Å². The van der Waals surface area contributed by atoms with Gasteiger partial charge in [0, 0.05) is 19.0 Å². The molecule has 1 unspecified atom stereocenters. The number of aryl methyl sites for hydroxylation is 1. The van der Waals surface area contributed by atoms with E-state index in [1.807, 2.05) is 49.5 Å². The van der Waals surface area contributed by atoms with Gasteiger partial charge in [-0.05, 0) is 37.5 Å². The second-order valence-electron chi connectivity index (χ2n) is 7.38. The fraction of sp³-hybridized carbons (Fsp3) is 0.333. The zero-order valence-corrected chi connectivity index (χ0v) is 17.2. The zero-order valence-electron chi connectivity index (χ0n) is 16.3. The van der Waals surface area contributed by atoms with E-state index in [9.17, 15) is 4.79 Å². The maximum atomic E-state index is 12.3. The van der Waals surface area contributed by atoms with Gasteiger partial charge in [-0.1, -0.05) is 41.2 Å². The summed E-state index contributed by atoms with van der Waals surface area (Å²) in [5.41, 5.74) is 8.92. The van der Waals surface area contributed by atoms with Crippen molar-refractivity contribution in [3.63, 3.8) is 0 Å². The van der Waals surface area contributed by atoms with Crippen LogP contribution in [0.4, 0.5) is 16.6 Å². The molecule has 1 aromatic carbocycles. The van der Waals surface area contributed by atoms with Crippen LogP contribution in [-0.4, -0.2) is 34.2 Å². The molecule has 1 amide bonds. The Balaban J connectivity index is 1.36. The number of anilines is 3. The largest absolute Gasteiger partial charge is 0.374 e. The molecule has 8 heteroatoms. The Kier molecular flexibility index (Phi) is 5.71. The molecule has 1 aliphatic rings. The van der Waals surface area contributed by atoms with E-state index in [-0.39, 0.29) is 5.91 Å². The van der Waals surface area contributed by atoms with E-state index in [0.29, 0.717) is 23.3 Å². The highest BCUT2D eigenvalue weighted by atomic mass is 32.1. The zero-order chi connectivity index (χ0) is 20.2. The molecule has 150 valence electrons. The normalized spacial score (nSPS) is 16.6. The van der Waals surface area contributed by atoms with Gasteiger partial charge in [-0.25, -0.2) is 4.98 Å². The average Bonchev–Trinajstić information content (AvgIpc) is 3.15. The van der Waals surface area contributed by atoms with Crippen LogP contribution in [0.5, 0.6) is 0 Å². The van der Waals surface area contributed by atoms with Gasteiger partial charge >= 0.3 is 0 Å². The first kappa shape index (κ1) is 19.3. The topological polar surface area (TPSA) is 97.0 Å². The summed E-state index contributed by atoms with van der Waals surface area (Å²) in [5, 5.41) is 12.5. The minimum atomic E-state index is -0.0669. The van der Waals surface area contributed by atoms with Gasteiger partial charge in [-0.3, -0.25) is 4.79 Å². The van der Waals surface area contributed by atoms with Crippen molar-refractivity contribution in [3.8, 4) is 0 Å². The second kappa shape index (κ2) is 8.57. The van der Waals surface area contributed by atoms with Crippen LogP contribution in [0.1, 0.15) is 34.9 Å². The first-order valence-electron chi connectivity index (χ1n) is 9.72. The minimum Gasteiger partial charge on any atom is -0.374 e. The molecule has 3 aromatic rings. The third-order valence-corrected chi connectivity index (χ3v) is 5.97. The average molecular weight is 409 g/mol. The quantitative estimate of drug-likeness (QED) is 0.672. The Morgan fingerprint density at radius 3 is 2.93 bits per heavy atom. The summed E-state index contributed by atoms with van der Waals surface area (Å²) in [6.45, 7) is 3.87. The van der Waals surface area contributed by atoms with E-state index < -0.39 is 0 Å². The van der Waals surface area contributed by atoms with Gasteiger partial charge in [0.2, 0.25) is 11.0 Å². The van der Waals surface area contributed by atoms with Gasteiger partial charge in [0.25, 0.3) is 0 Å². The number of piperidine rings is 1. The molecule has 1 saturated heterocycles. The fourth-order valence-electron chi connectivity index (χ4n) is 3.67. The molecule has 1 fully saturated rings. The number of carbonyl (C=O) groups excluding carboxylic acids is 1. The van der Waals surface area contributed by atoms with Crippen molar-refractivity contribution in [1.29, 1.82) is 0 Å². The molecule has 4 rings (SSSR count). The van der Waals surface area contributed by atoms with Gasteiger partial charge < -0.3 is 16.0 Å². The summed E-state index contributed by atoms with van der Waals surface area (Å²) < 4.78 is 0. The van der Waals surface area contributed by atoms with Crippen LogP contribution in [-0.2, 0) is 11.2 Å². The Morgan fingerprint density at radius 1 is 1.31 bits per heavy atom. The van der Waals surface area contributed by atoms with Crippen molar-refractivity contribution < 1.29 is 4.79 Å². The van der Waals surface area contributed by atoms with Crippen LogP contribution in [0.15, 0.2) is 42.6 Å². The van der Waals surface area contributed by atoms with E-state index in [0.717, 1.165) is 47.8 Å². The molecular weight excluding hydrogens is 384 g/mol. The van der Waals surface area contributed by atoms with Crippen molar-refractivity contribution in [3.05, 3.63) is 58.7 Å². The Morgan fingerprint density at radius 2 is 2.21 bits per heavy atom. The number of hydrogen-bond acceptors (Lipinski definition) is 7. The maximum absolute atomic E-state index is 12.3. The van der Waals surface area contributed by atoms with Crippen molar-refractivity contribution in [2.24, 2.45) is 0 Å². The lowest BCUT2D eigenvalue weighted by Gasteiger charge is -2.33. The molecule has 0 spiro atoms. The molecule has 2 aromatic heterocycles. The molecule has 0 aliphatic carbocycles. The number of pyridine rings is 1. The minimum absolute atomic E-state index is 0.0669. The van der Waals surface area contributed by atoms with Gasteiger partial charge in [-0.2, -0.15) is 0 Å². The molecule has 3 N–H and O–H groups in total. The first-order chi connectivity index (χ1) is 14.1. The SMILES string of the molecule is Cc1cccc(CC(=O)Nc2ccc(N3CCCC(c4nnc(N)s4)C3)cn2)c1. The first-order valence-corrected chi connectivity index (χ1v) is 10.5. The Hall–Kier alpha value is -3.00. The lowest BCUT2D eigenvalue weighted by molar-refractivity contribution is -0.115. The summed E-state index contributed by atoms with van der Waals surface area (Å²) >= 11 is 1.47. The van der Waals surface area contributed by atoms with E-state index in [2.05, 4.69) is 25.4 Å². The van der Waals surface area contributed by atoms with Crippen LogP contribution >= 0.6 is 11.3 Å². The highest BCUT2D eigenvalue weighted by Crippen LogP contribution is 2.32. The monoisotopic (exact) mass is 408 g/mol. The lowest BCUT2D eigenvalue weighted by Crippen LogP contribution is -2.34. The predicted octanol–water partition coefficient (Wildman–Crippen LogP) is 3.39. The Bertz CT molecular complexity index is 987. The number of aromatic nitrogens is 3. The molecule has 1 aliphatic heterocycles. The van der Waals surface area contributed by atoms with E-state index >= 15 is 0 Å². The van der Waals surface area contributed by atoms with Gasteiger partial charge in [0.1, 0.15) is 10.8 Å². The summed E-state index contributed by atoms with van der Waals surface area (Å²) in [5.74, 6) is 0.840. The van der Waals surface area contributed by atoms with Crippen molar-refractivity contribution in [2.75, 3.05) is 29.0 Å². The Labute approximate surface area is 174 Å². The number of amides is 1. The van der Waals surface area contributed by atoms with Crippen LogP contribution in [0.2, 0.25) is 0 Å². The fourth-order valence-corrected chi connectivity index (χ4v) is 4.40. The third-order valence-electron chi connectivity index (χ3n) is 5.05. The lowest BCUT2D eigenvalue weighted by atomic mass is 9.98. The van der Waals surface area contributed by atoms with Crippen LogP contribution in [0.3, 0.4) is 0 Å². The molecule has 3 heterocycles. The summed E-state index contributed by atoms with van der Waals surface area (Å²) in [7, 11) is 0. The van der Waals surface area contributed by atoms with Gasteiger partial charge in [-0.15, -0.1) is 10.2 Å². The smallest absolute Gasteiger partial charge is 0.229 e. The summed E-state index contributed by atoms with van der Waals surface area (Å²) in [6.07, 6.45) is 4.33. The molecule has 1 atom stereocenters. The summed E-state index contributed by atoms with van der Waals surface area (Å²) in [6, 6.07) is 11.8. The number of nitrogens with one attached hydrogen (secondary N) is 1. The maximum Gasteiger partial charge on any atom is 0.229 e. The number of benzene rings is 1. The number of carbonyl (C=O) groups is 1. The van der Waals surface area contributed by atoms with E-state index in [1.54, 1.807) is 0 Å². The third kappa shape index (κ3) is 4.89. The standard InChI is InChI=1S/C21H24N6OS/c1-14-4-2-5-15(10-14)11-19(28)24-18-8-7-17(12-23-18)27-9-3-6-16(13-27)20-25-26-21(22)29-20/h2,4-5,7-8,10,12,16H,3,6,9,11,13H2,1H3,(H2,22,26)(H,23,24,28). The van der Waals surface area contributed by atoms with Crippen molar-refractivity contribution >= 4 is 33.9 Å². The van der Waals surface area contributed by atoms with E-state index in [4.69, 9.17) is 5.73 Å². The van der Waals surface area contributed by atoms with Crippen LogP contribution in [0.25, 0.3) is 0 Å². The predicted molar refractivity (Wildman–Crippen MR) is 116 cm³/mol. The molecule has 0 bridgehead atoms. The molecule has 0 saturated carbocycles. The number of nitrogens with two attached hydrogens (primary N) is 1. The molecular formula is C21H24N6OS. The molecule has 7 nitrogen and oxygen atoms in total. The highest BCUT2D eigenvalue weighted by Gasteiger charge is 2.24. The molecule has 29 heavy (non-hydrogen) atoms. The van der Waals surface area contributed by atoms with Crippen molar-refractivity contribution in [1.82, 2.24) is 15.2 Å².